The topological polar surface area (TPSA) is 90.0 Å². The molecule has 0 amide bonds. The molecule has 1 aliphatic rings. The Hall–Kier alpha value is -2.03. The van der Waals surface area contributed by atoms with E-state index in [4.69, 9.17) is 0 Å². The van der Waals surface area contributed by atoms with Crippen LogP contribution in [0.3, 0.4) is 0 Å². The fraction of sp³-hybridized carbons (Fsp3) is 0.300. The summed E-state index contributed by atoms with van der Waals surface area (Å²) in [6, 6.07) is 1.46. The van der Waals surface area contributed by atoms with Crippen LogP contribution in [0.4, 0.5) is 11.5 Å². The normalized spacial score (nSPS) is 14.3. The molecule has 2 aromatic rings. The molecule has 0 saturated carbocycles. The Labute approximate surface area is 116 Å². The van der Waals surface area contributed by atoms with Gasteiger partial charge < -0.3 is 9.47 Å². The summed E-state index contributed by atoms with van der Waals surface area (Å²) < 4.78 is 2.52. The van der Waals surface area contributed by atoms with Gasteiger partial charge in [0.2, 0.25) is 5.82 Å². The van der Waals surface area contributed by atoms with Crippen molar-refractivity contribution in [2.75, 3.05) is 11.4 Å². The molecule has 0 radical (unpaired) electrons. The Balaban J connectivity index is 1.98. The average Bonchev–Trinajstić information content (AvgIpc) is 2.85. The molecule has 9 heteroatoms. The zero-order chi connectivity index (χ0) is 13.4. The maximum absolute atomic E-state index is 11.1. The monoisotopic (exact) mass is 324 g/mol. The van der Waals surface area contributed by atoms with E-state index >= 15 is 0 Å². The molecular formula is C10H9BrN6O2. The Bertz CT molecular complexity index is 643. The van der Waals surface area contributed by atoms with E-state index in [1.54, 1.807) is 12.5 Å². The van der Waals surface area contributed by atoms with E-state index in [1.807, 2.05) is 9.47 Å². The van der Waals surface area contributed by atoms with Gasteiger partial charge in [-0.3, -0.25) is 10.1 Å². The van der Waals surface area contributed by atoms with Crippen molar-refractivity contribution in [2.45, 2.75) is 13.1 Å². The van der Waals surface area contributed by atoms with Gasteiger partial charge in [-0.25, -0.2) is 4.98 Å². The number of nitrogens with zero attached hydrogens (tertiary/aromatic N) is 6. The van der Waals surface area contributed by atoms with Gasteiger partial charge in [-0.05, 0) is 15.9 Å². The Morgan fingerprint density at radius 3 is 3.05 bits per heavy atom. The first-order chi connectivity index (χ1) is 9.15. The minimum Gasteiger partial charge on any atom is -0.342 e. The lowest BCUT2D eigenvalue weighted by atomic mass is 10.3. The van der Waals surface area contributed by atoms with Crippen molar-refractivity contribution in [3.05, 3.63) is 39.0 Å². The third-order valence-electron chi connectivity index (χ3n) is 2.95. The molecule has 1 aliphatic heterocycles. The second-order valence-electron chi connectivity index (χ2n) is 4.12. The van der Waals surface area contributed by atoms with Crippen LogP contribution in [-0.4, -0.2) is 31.2 Å². The molecule has 98 valence electrons. The minimum absolute atomic E-state index is 0.0117. The Morgan fingerprint density at radius 1 is 1.42 bits per heavy atom. The van der Waals surface area contributed by atoms with Crippen molar-refractivity contribution < 1.29 is 4.92 Å². The fourth-order valence-corrected chi connectivity index (χ4v) is 2.37. The number of aromatic nitrogens is 4. The minimum atomic E-state index is -0.424. The van der Waals surface area contributed by atoms with Crippen molar-refractivity contribution in [1.29, 1.82) is 0 Å². The van der Waals surface area contributed by atoms with Crippen LogP contribution in [0, 0.1) is 10.1 Å². The molecule has 0 saturated heterocycles. The molecule has 0 bridgehead atoms. The highest BCUT2D eigenvalue weighted by atomic mass is 79.9. The molecule has 0 aliphatic carbocycles. The van der Waals surface area contributed by atoms with Gasteiger partial charge in [0.05, 0.1) is 11.5 Å². The van der Waals surface area contributed by atoms with Gasteiger partial charge >= 0.3 is 5.69 Å². The number of pyridine rings is 1. The highest BCUT2D eigenvalue weighted by Gasteiger charge is 2.25. The first-order valence-corrected chi connectivity index (χ1v) is 6.36. The molecule has 0 N–H and O–H groups in total. The molecule has 0 aromatic carbocycles. The van der Waals surface area contributed by atoms with Gasteiger partial charge in [0, 0.05) is 29.8 Å². The van der Waals surface area contributed by atoms with Crippen LogP contribution in [0.25, 0.3) is 0 Å². The summed E-state index contributed by atoms with van der Waals surface area (Å²) in [4.78, 5) is 16.7. The molecule has 3 rings (SSSR count). The molecule has 0 unspecified atom stereocenters. The van der Waals surface area contributed by atoms with E-state index in [9.17, 15) is 10.1 Å². The van der Waals surface area contributed by atoms with E-state index in [2.05, 4.69) is 31.1 Å². The molecule has 0 atom stereocenters. The summed E-state index contributed by atoms with van der Waals surface area (Å²) in [5, 5.41) is 18.9. The number of anilines is 1. The summed E-state index contributed by atoms with van der Waals surface area (Å²) in [6.07, 6.45) is 3.22. The molecule has 3 heterocycles. The van der Waals surface area contributed by atoms with Gasteiger partial charge in [0.1, 0.15) is 6.33 Å². The SMILES string of the molecule is O=[N+]([O-])c1cc(Br)cnc1N1CCn2cnnc2C1. The average molecular weight is 325 g/mol. The predicted octanol–water partition coefficient (Wildman–Crippen LogP) is 1.36. The van der Waals surface area contributed by atoms with Crippen LogP contribution in [0.15, 0.2) is 23.1 Å². The van der Waals surface area contributed by atoms with Crippen LogP contribution in [0.1, 0.15) is 5.82 Å². The van der Waals surface area contributed by atoms with Crippen molar-refractivity contribution in [1.82, 2.24) is 19.7 Å². The zero-order valence-corrected chi connectivity index (χ0v) is 11.3. The third-order valence-corrected chi connectivity index (χ3v) is 3.38. The molecule has 19 heavy (non-hydrogen) atoms. The quantitative estimate of drug-likeness (QED) is 0.612. The molecular weight excluding hydrogens is 316 g/mol. The maximum Gasteiger partial charge on any atom is 0.312 e. The van der Waals surface area contributed by atoms with Gasteiger partial charge in [0.25, 0.3) is 0 Å². The number of nitro groups is 1. The van der Waals surface area contributed by atoms with Gasteiger partial charge in [-0.1, -0.05) is 0 Å². The fourth-order valence-electron chi connectivity index (χ4n) is 2.05. The second-order valence-corrected chi connectivity index (χ2v) is 5.03. The maximum atomic E-state index is 11.1. The first kappa shape index (κ1) is 12.0. The summed E-state index contributed by atoms with van der Waals surface area (Å²) in [5.74, 6) is 1.15. The summed E-state index contributed by atoms with van der Waals surface area (Å²) in [5.41, 5.74) is -0.0117. The number of hydrogen-bond donors (Lipinski definition) is 0. The van der Waals surface area contributed by atoms with Crippen molar-refractivity contribution in [3.63, 3.8) is 0 Å². The predicted molar refractivity (Wildman–Crippen MR) is 69.7 cm³/mol. The van der Waals surface area contributed by atoms with Crippen molar-refractivity contribution >= 4 is 27.4 Å². The Morgan fingerprint density at radius 2 is 2.26 bits per heavy atom. The van der Waals surface area contributed by atoms with Gasteiger partial charge in [-0.2, -0.15) is 0 Å². The van der Waals surface area contributed by atoms with E-state index < -0.39 is 4.92 Å². The van der Waals surface area contributed by atoms with Crippen LogP contribution in [0.2, 0.25) is 0 Å². The van der Waals surface area contributed by atoms with E-state index in [0.717, 1.165) is 5.82 Å². The standard InChI is InChI=1S/C10H9BrN6O2/c11-7-3-8(17(18)19)10(12-4-7)15-1-2-16-6-13-14-9(16)5-15/h3-4,6H,1-2,5H2. The summed E-state index contributed by atoms with van der Waals surface area (Å²) in [6.45, 7) is 1.80. The second kappa shape index (κ2) is 4.57. The van der Waals surface area contributed by atoms with Crippen LogP contribution >= 0.6 is 15.9 Å². The largest absolute Gasteiger partial charge is 0.342 e. The number of hydrogen-bond acceptors (Lipinski definition) is 6. The number of halogens is 1. The van der Waals surface area contributed by atoms with Crippen LogP contribution < -0.4 is 4.90 Å². The first-order valence-electron chi connectivity index (χ1n) is 5.57. The third kappa shape index (κ3) is 2.16. The lowest BCUT2D eigenvalue weighted by molar-refractivity contribution is -0.384. The van der Waals surface area contributed by atoms with E-state index in [1.165, 1.54) is 6.07 Å². The van der Waals surface area contributed by atoms with Crippen molar-refractivity contribution in [2.24, 2.45) is 0 Å². The lowest BCUT2D eigenvalue weighted by Gasteiger charge is -2.27. The molecule has 0 fully saturated rings. The summed E-state index contributed by atoms with van der Waals surface area (Å²) >= 11 is 3.20. The lowest BCUT2D eigenvalue weighted by Crippen LogP contribution is -2.34. The highest BCUT2D eigenvalue weighted by molar-refractivity contribution is 9.10. The smallest absolute Gasteiger partial charge is 0.312 e. The summed E-state index contributed by atoms with van der Waals surface area (Å²) in [7, 11) is 0. The molecule has 2 aromatic heterocycles. The van der Waals surface area contributed by atoms with Gasteiger partial charge in [0.15, 0.2) is 5.82 Å². The van der Waals surface area contributed by atoms with E-state index in [0.29, 0.717) is 29.9 Å². The molecule has 8 nitrogen and oxygen atoms in total. The number of rotatable bonds is 2. The van der Waals surface area contributed by atoms with Crippen LogP contribution in [0.5, 0.6) is 0 Å². The zero-order valence-electron chi connectivity index (χ0n) is 9.73. The van der Waals surface area contributed by atoms with Crippen molar-refractivity contribution in [3.8, 4) is 0 Å². The van der Waals surface area contributed by atoms with E-state index in [-0.39, 0.29) is 5.69 Å². The molecule has 0 spiro atoms. The number of fused-ring (bicyclic) bond motifs is 1. The van der Waals surface area contributed by atoms with Crippen LogP contribution in [-0.2, 0) is 13.1 Å². The van der Waals surface area contributed by atoms with Gasteiger partial charge in [-0.15, -0.1) is 10.2 Å². The highest BCUT2D eigenvalue weighted by Crippen LogP contribution is 2.30. The Kier molecular flexibility index (Phi) is 2.90.